The van der Waals surface area contributed by atoms with Crippen LogP contribution in [0.3, 0.4) is 0 Å². The molecule has 1 heterocycles. The number of para-hydroxylation sites is 1. The molecule has 1 aliphatic rings. The fourth-order valence-corrected chi connectivity index (χ4v) is 4.20. The number of carbonyl (C=O) groups is 1. The number of anilines is 1. The topological polar surface area (TPSA) is 35.6 Å². The largest absolute Gasteiger partial charge is 0.362 e. The van der Waals surface area contributed by atoms with Crippen molar-refractivity contribution < 1.29 is 4.79 Å². The smallest absolute Gasteiger partial charge is 0.318 e. The SMILES string of the molecule is C[C@H]1c2ccccc2N(Cc2ccccc2)[C@@H](C)CN1C(=O)NCc1ccccc1. The zero-order valence-electron chi connectivity index (χ0n) is 17.7. The molecule has 0 saturated heterocycles. The number of benzene rings is 3. The average Bonchev–Trinajstić information content (AvgIpc) is 2.89. The van der Waals surface area contributed by atoms with Gasteiger partial charge in [-0.3, -0.25) is 0 Å². The van der Waals surface area contributed by atoms with E-state index in [2.05, 4.69) is 72.6 Å². The predicted octanol–water partition coefficient (Wildman–Crippen LogP) is 5.37. The Hall–Kier alpha value is -3.27. The van der Waals surface area contributed by atoms with E-state index in [1.54, 1.807) is 0 Å². The van der Waals surface area contributed by atoms with Gasteiger partial charge in [-0.15, -0.1) is 0 Å². The maximum atomic E-state index is 13.2. The molecule has 0 bridgehead atoms. The van der Waals surface area contributed by atoms with E-state index >= 15 is 0 Å². The number of nitrogens with one attached hydrogen (secondary N) is 1. The van der Waals surface area contributed by atoms with Crippen LogP contribution in [0.25, 0.3) is 0 Å². The summed E-state index contributed by atoms with van der Waals surface area (Å²) in [6.07, 6.45) is 0. The van der Waals surface area contributed by atoms with Gasteiger partial charge in [0.2, 0.25) is 0 Å². The molecule has 3 aromatic rings. The molecular weight excluding hydrogens is 370 g/mol. The van der Waals surface area contributed by atoms with Gasteiger partial charge in [-0.25, -0.2) is 4.79 Å². The van der Waals surface area contributed by atoms with Gasteiger partial charge in [0.1, 0.15) is 0 Å². The van der Waals surface area contributed by atoms with Crippen LogP contribution in [-0.4, -0.2) is 23.5 Å². The molecule has 0 aromatic heterocycles. The summed E-state index contributed by atoms with van der Waals surface area (Å²) in [5.74, 6) is 0. The van der Waals surface area contributed by atoms with Crippen LogP contribution in [0.5, 0.6) is 0 Å². The maximum absolute atomic E-state index is 13.2. The first-order valence-corrected chi connectivity index (χ1v) is 10.6. The number of amides is 2. The first-order valence-electron chi connectivity index (χ1n) is 10.6. The van der Waals surface area contributed by atoms with Crippen LogP contribution in [0.1, 0.15) is 36.6 Å². The van der Waals surface area contributed by atoms with Gasteiger partial charge in [0.25, 0.3) is 0 Å². The molecule has 30 heavy (non-hydrogen) atoms. The van der Waals surface area contributed by atoms with Crippen molar-refractivity contribution in [1.29, 1.82) is 0 Å². The molecule has 0 radical (unpaired) electrons. The Morgan fingerprint density at radius 2 is 1.47 bits per heavy atom. The minimum Gasteiger partial charge on any atom is -0.362 e. The molecule has 0 spiro atoms. The standard InChI is InChI=1S/C26H29N3O/c1-20-18-29(26(30)27-17-22-11-5-3-6-12-22)21(2)24-15-9-10-16-25(24)28(20)19-23-13-7-4-8-14-23/h3-16,20-21H,17-19H2,1-2H3,(H,27,30)/t20-,21-/m0/s1. The van der Waals surface area contributed by atoms with Gasteiger partial charge in [-0.1, -0.05) is 78.9 Å². The minimum atomic E-state index is -0.0189. The Morgan fingerprint density at radius 3 is 2.17 bits per heavy atom. The highest BCUT2D eigenvalue weighted by Crippen LogP contribution is 2.35. The lowest BCUT2D eigenvalue weighted by atomic mass is 10.0. The van der Waals surface area contributed by atoms with E-state index in [4.69, 9.17) is 0 Å². The third-order valence-corrected chi connectivity index (χ3v) is 5.90. The van der Waals surface area contributed by atoms with E-state index in [1.165, 1.54) is 16.8 Å². The maximum Gasteiger partial charge on any atom is 0.318 e. The first kappa shape index (κ1) is 20.0. The molecule has 1 N–H and O–H groups in total. The summed E-state index contributed by atoms with van der Waals surface area (Å²) < 4.78 is 0. The second-order valence-electron chi connectivity index (χ2n) is 7.99. The van der Waals surface area contributed by atoms with E-state index in [1.807, 2.05) is 41.3 Å². The zero-order chi connectivity index (χ0) is 20.9. The number of rotatable bonds is 4. The average molecular weight is 400 g/mol. The lowest BCUT2D eigenvalue weighted by Gasteiger charge is -2.32. The van der Waals surface area contributed by atoms with Crippen LogP contribution in [0, 0.1) is 0 Å². The summed E-state index contributed by atoms with van der Waals surface area (Å²) in [6.45, 7) is 6.36. The molecular formula is C26H29N3O. The van der Waals surface area contributed by atoms with E-state index in [0.29, 0.717) is 13.1 Å². The predicted molar refractivity (Wildman–Crippen MR) is 122 cm³/mol. The molecule has 4 heteroatoms. The molecule has 0 aliphatic carbocycles. The van der Waals surface area contributed by atoms with Crippen LogP contribution in [-0.2, 0) is 13.1 Å². The normalized spacial score (nSPS) is 18.5. The summed E-state index contributed by atoms with van der Waals surface area (Å²) in [5, 5.41) is 3.11. The highest BCUT2D eigenvalue weighted by Gasteiger charge is 2.32. The van der Waals surface area contributed by atoms with Crippen LogP contribution in [0.2, 0.25) is 0 Å². The van der Waals surface area contributed by atoms with Gasteiger partial charge in [0.15, 0.2) is 0 Å². The van der Waals surface area contributed by atoms with E-state index in [9.17, 15) is 4.79 Å². The number of nitrogens with zero attached hydrogens (tertiary/aromatic N) is 2. The Balaban J connectivity index is 1.58. The summed E-state index contributed by atoms with van der Waals surface area (Å²) in [6, 6.07) is 29.2. The van der Waals surface area contributed by atoms with Gasteiger partial charge < -0.3 is 15.1 Å². The molecule has 4 nitrogen and oxygen atoms in total. The highest BCUT2D eigenvalue weighted by atomic mass is 16.2. The van der Waals surface area contributed by atoms with Gasteiger partial charge in [-0.05, 0) is 36.6 Å². The lowest BCUT2D eigenvalue weighted by molar-refractivity contribution is 0.177. The number of hydrogen-bond acceptors (Lipinski definition) is 2. The number of urea groups is 1. The molecule has 0 saturated carbocycles. The van der Waals surface area contributed by atoms with Crippen LogP contribution < -0.4 is 10.2 Å². The van der Waals surface area contributed by atoms with Crippen molar-refractivity contribution in [3.63, 3.8) is 0 Å². The van der Waals surface area contributed by atoms with Crippen LogP contribution in [0.15, 0.2) is 84.9 Å². The summed E-state index contributed by atoms with van der Waals surface area (Å²) >= 11 is 0. The summed E-state index contributed by atoms with van der Waals surface area (Å²) in [5.41, 5.74) is 4.77. The third kappa shape index (κ3) is 4.33. The van der Waals surface area contributed by atoms with Crippen molar-refractivity contribution in [3.05, 3.63) is 102 Å². The van der Waals surface area contributed by atoms with Crippen molar-refractivity contribution in [3.8, 4) is 0 Å². The molecule has 0 fully saturated rings. The van der Waals surface area contributed by atoms with Crippen LogP contribution in [0.4, 0.5) is 10.5 Å². The van der Waals surface area contributed by atoms with E-state index in [0.717, 1.165) is 12.1 Å². The molecule has 154 valence electrons. The van der Waals surface area contributed by atoms with Crippen molar-refractivity contribution in [2.45, 2.75) is 39.0 Å². The lowest BCUT2D eigenvalue weighted by Crippen LogP contribution is -2.46. The molecule has 2 atom stereocenters. The van der Waals surface area contributed by atoms with Crippen LogP contribution >= 0.6 is 0 Å². The van der Waals surface area contributed by atoms with Gasteiger partial charge in [0.05, 0.1) is 6.04 Å². The number of hydrogen-bond donors (Lipinski definition) is 1. The highest BCUT2D eigenvalue weighted by molar-refractivity contribution is 5.76. The molecule has 3 aromatic carbocycles. The third-order valence-electron chi connectivity index (χ3n) is 5.90. The van der Waals surface area contributed by atoms with Crippen molar-refractivity contribution in [2.75, 3.05) is 11.4 Å². The fraction of sp³-hybridized carbons (Fsp3) is 0.269. The Kier molecular flexibility index (Phi) is 6.03. The quantitative estimate of drug-likeness (QED) is 0.640. The Bertz CT molecular complexity index is 974. The summed E-state index contributed by atoms with van der Waals surface area (Å²) in [4.78, 5) is 17.5. The molecule has 4 rings (SSSR count). The van der Waals surface area contributed by atoms with E-state index in [-0.39, 0.29) is 18.1 Å². The second-order valence-corrected chi connectivity index (χ2v) is 7.99. The number of fused-ring (bicyclic) bond motifs is 1. The van der Waals surface area contributed by atoms with Crippen molar-refractivity contribution in [1.82, 2.24) is 10.2 Å². The van der Waals surface area contributed by atoms with Crippen molar-refractivity contribution in [2.24, 2.45) is 0 Å². The minimum absolute atomic E-state index is 0.000182. The van der Waals surface area contributed by atoms with Gasteiger partial charge in [-0.2, -0.15) is 0 Å². The zero-order valence-corrected chi connectivity index (χ0v) is 17.7. The number of carbonyl (C=O) groups excluding carboxylic acids is 1. The summed E-state index contributed by atoms with van der Waals surface area (Å²) in [7, 11) is 0. The molecule has 2 amide bonds. The first-order chi connectivity index (χ1) is 14.6. The fourth-order valence-electron chi connectivity index (χ4n) is 4.20. The van der Waals surface area contributed by atoms with Crippen molar-refractivity contribution >= 4 is 11.7 Å². The van der Waals surface area contributed by atoms with Gasteiger partial charge >= 0.3 is 6.03 Å². The molecule has 0 unspecified atom stereocenters. The van der Waals surface area contributed by atoms with Gasteiger partial charge in [0, 0.05) is 31.4 Å². The monoisotopic (exact) mass is 399 g/mol. The van der Waals surface area contributed by atoms with E-state index < -0.39 is 0 Å². The Labute approximate surface area is 179 Å². The Morgan fingerprint density at radius 1 is 0.867 bits per heavy atom. The second kappa shape index (κ2) is 9.04. The molecule has 1 aliphatic heterocycles.